The highest BCUT2D eigenvalue weighted by molar-refractivity contribution is 9.10. The maximum absolute atomic E-state index is 14.1. The zero-order valence-corrected chi connectivity index (χ0v) is 28.4. The van der Waals surface area contributed by atoms with Crippen molar-refractivity contribution in [2.75, 3.05) is 17.1 Å². The Morgan fingerprint density at radius 2 is 1.61 bits per heavy atom. The van der Waals surface area contributed by atoms with E-state index in [1.165, 1.54) is 17.0 Å². The monoisotopic (exact) mass is 681 g/mol. The molecule has 1 aliphatic rings. The van der Waals surface area contributed by atoms with Crippen LogP contribution in [0.3, 0.4) is 0 Å². The molecule has 3 aromatic carbocycles. The lowest BCUT2D eigenvalue weighted by atomic mass is 9.94. The van der Waals surface area contributed by atoms with E-state index in [1.807, 2.05) is 80.6 Å². The van der Waals surface area contributed by atoms with Crippen LogP contribution < -0.4 is 9.62 Å². The van der Waals surface area contributed by atoms with Gasteiger partial charge >= 0.3 is 0 Å². The molecule has 1 fully saturated rings. The van der Waals surface area contributed by atoms with Gasteiger partial charge in [0.1, 0.15) is 6.04 Å². The van der Waals surface area contributed by atoms with Crippen LogP contribution in [0.1, 0.15) is 67.2 Å². The Morgan fingerprint density at radius 1 is 0.909 bits per heavy atom. The van der Waals surface area contributed by atoms with E-state index in [0.717, 1.165) is 52.4 Å². The molecule has 0 aromatic heterocycles. The summed E-state index contributed by atoms with van der Waals surface area (Å²) in [5.41, 5.74) is 4.55. The maximum atomic E-state index is 14.1. The van der Waals surface area contributed by atoms with Gasteiger partial charge in [-0.1, -0.05) is 83.7 Å². The van der Waals surface area contributed by atoms with Crippen LogP contribution in [-0.4, -0.2) is 50.0 Å². The van der Waals surface area contributed by atoms with Gasteiger partial charge in [-0.3, -0.25) is 13.9 Å². The molecule has 4 rings (SSSR count). The van der Waals surface area contributed by atoms with Gasteiger partial charge in [0.05, 0.1) is 11.9 Å². The van der Waals surface area contributed by atoms with Gasteiger partial charge in [-0.15, -0.1) is 0 Å². The number of amides is 2. The largest absolute Gasteiger partial charge is 0.352 e. The Bertz CT molecular complexity index is 1520. The van der Waals surface area contributed by atoms with Gasteiger partial charge in [0, 0.05) is 36.4 Å². The molecule has 9 heteroatoms. The zero-order valence-electron chi connectivity index (χ0n) is 26.0. The van der Waals surface area contributed by atoms with Crippen molar-refractivity contribution in [2.45, 2.75) is 83.8 Å². The van der Waals surface area contributed by atoms with E-state index in [2.05, 4.69) is 21.2 Å². The first-order chi connectivity index (χ1) is 21.0. The van der Waals surface area contributed by atoms with E-state index in [-0.39, 0.29) is 37.4 Å². The van der Waals surface area contributed by atoms with Crippen LogP contribution in [0, 0.1) is 13.8 Å². The molecule has 1 unspecified atom stereocenters. The van der Waals surface area contributed by atoms with Crippen LogP contribution in [-0.2, 0) is 32.6 Å². The van der Waals surface area contributed by atoms with Crippen molar-refractivity contribution in [3.63, 3.8) is 0 Å². The van der Waals surface area contributed by atoms with E-state index in [0.29, 0.717) is 18.5 Å². The fraction of sp³-hybridized carbons (Fsp3) is 0.429. The molecule has 0 saturated heterocycles. The second-order valence-corrected chi connectivity index (χ2v) is 14.7. The fourth-order valence-electron chi connectivity index (χ4n) is 5.81. The second-order valence-electron chi connectivity index (χ2n) is 11.9. The lowest BCUT2D eigenvalue weighted by Crippen LogP contribution is -2.52. The molecule has 1 saturated carbocycles. The van der Waals surface area contributed by atoms with Gasteiger partial charge in [-0.2, -0.15) is 0 Å². The van der Waals surface area contributed by atoms with Crippen LogP contribution in [0.2, 0.25) is 0 Å². The number of carbonyl (C=O) groups excluding carboxylic acids is 2. The minimum absolute atomic E-state index is 0.104. The molecule has 2 amide bonds. The average Bonchev–Trinajstić information content (AvgIpc) is 2.99. The second kappa shape index (κ2) is 15.7. The minimum Gasteiger partial charge on any atom is -0.352 e. The molecule has 0 aliphatic heterocycles. The van der Waals surface area contributed by atoms with Crippen LogP contribution in [0.15, 0.2) is 77.3 Å². The molecule has 1 atom stereocenters. The quantitative estimate of drug-likeness (QED) is 0.218. The number of sulfonamides is 1. The Hall–Kier alpha value is -3.17. The molecule has 3 aromatic rings. The lowest BCUT2D eigenvalue weighted by molar-refractivity contribution is -0.141. The maximum Gasteiger partial charge on any atom is 0.243 e. The van der Waals surface area contributed by atoms with Crippen molar-refractivity contribution in [2.24, 2.45) is 0 Å². The molecule has 0 spiro atoms. The topological polar surface area (TPSA) is 86.8 Å². The third-order valence-electron chi connectivity index (χ3n) is 8.40. The zero-order chi connectivity index (χ0) is 31.7. The van der Waals surface area contributed by atoms with Crippen LogP contribution in [0.4, 0.5) is 5.69 Å². The van der Waals surface area contributed by atoms with Crippen molar-refractivity contribution in [3.05, 3.63) is 99.5 Å². The molecule has 44 heavy (non-hydrogen) atoms. The number of aryl methyl sites for hydroxylation is 2. The Morgan fingerprint density at radius 3 is 2.27 bits per heavy atom. The van der Waals surface area contributed by atoms with Gasteiger partial charge in [0.2, 0.25) is 21.8 Å². The molecule has 0 heterocycles. The van der Waals surface area contributed by atoms with Gasteiger partial charge < -0.3 is 10.2 Å². The smallest absolute Gasteiger partial charge is 0.243 e. The molecule has 0 bridgehead atoms. The number of anilines is 1. The Labute approximate surface area is 271 Å². The summed E-state index contributed by atoms with van der Waals surface area (Å²) >= 11 is 3.54. The van der Waals surface area contributed by atoms with Gasteiger partial charge in [0.25, 0.3) is 0 Å². The summed E-state index contributed by atoms with van der Waals surface area (Å²) in [6, 6.07) is 22.5. The SMILES string of the molecule is Cc1ccc(N(CCCC(=O)N(Cc2cccc(Br)c2)C(Cc2ccccc2)C(=O)NC2CCCCC2)S(C)(=O)=O)cc1C. The molecule has 1 aliphatic carbocycles. The highest BCUT2D eigenvalue weighted by atomic mass is 79.9. The van der Waals surface area contributed by atoms with E-state index < -0.39 is 16.1 Å². The van der Waals surface area contributed by atoms with Crippen molar-refractivity contribution < 1.29 is 18.0 Å². The number of rotatable bonds is 13. The molecule has 0 radical (unpaired) electrons. The molecular weight excluding hydrogens is 638 g/mol. The summed E-state index contributed by atoms with van der Waals surface area (Å²) in [7, 11) is -3.57. The van der Waals surface area contributed by atoms with Gasteiger partial charge in [-0.05, 0) is 79.6 Å². The highest BCUT2D eigenvalue weighted by Gasteiger charge is 2.32. The van der Waals surface area contributed by atoms with E-state index in [1.54, 1.807) is 11.0 Å². The van der Waals surface area contributed by atoms with Crippen molar-refractivity contribution in [1.82, 2.24) is 10.2 Å². The van der Waals surface area contributed by atoms with E-state index in [4.69, 9.17) is 0 Å². The van der Waals surface area contributed by atoms with Crippen molar-refractivity contribution >= 4 is 43.5 Å². The normalized spacial score (nSPS) is 14.5. The van der Waals surface area contributed by atoms with Gasteiger partial charge in [0.15, 0.2) is 0 Å². The predicted molar refractivity (Wildman–Crippen MR) is 181 cm³/mol. The fourth-order valence-corrected chi connectivity index (χ4v) is 7.22. The molecule has 7 nitrogen and oxygen atoms in total. The average molecular weight is 683 g/mol. The van der Waals surface area contributed by atoms with Crippen molar-refractivity contribution in [3.8, 4) is 0 Å². The number of carbonyl (C=O) groups is 2. The molecule has 236 valence electrons. The van der Waals surface area contributed by atoms with Crippen LogP contribution in [0.5, 0.6) is 0 Å². The Kier molecular flexibility index (Phi) is 12.0. The first kappa shape index (κ1) is 33.7. The Balaban J connectivity index is 1.59. The third-order valence-corrected chi connectivity index (χ3v) is 10.1. The summed E-state index contributed by atoms with van der Waals surface area (Å²) in [5.74, 6) is -0.324. The summed E-state index contributed by atoms with van der Waals surface area (Å²) in [6.07, 6.45) is 7.25. The van der Waals surface area contributed by atoms with Crippen LogP contribution in [0.25, 0.3) is 0 Å². The number of halogens is 1. The highest BCUT2D eigenvalue weighted by Crippen LogP contribution is 2.24. The van der Waals surface area contributed by atoms with Crippen molar-refractivity contribution in [1.29, 1.82) is 0 Å². The number of hydrogen-bond acceptors (Lipinski definition) is 4. The molecule has 1 N–H and O–H groups in total. The predicted octanol–water partition coefficient (Wildman–Crippen LogP) is 6.70. The number of nitrogens with one attached hydrogen (secondary N) is 1. The number of benzene rings is 3. The number of nitrogens with zero attached hydrogens (tertiary/aromatic N) is 2. The summed E-state index contributed by atoms with van der Waals surface area (Å²) < 4.78 is 27.8. The summed E-state index contributed by atoms with van der Waals surface area (Å²) in [4.78, 5) is 29.8. The van der Waals surface area contributed by atoms with E-state index in [9.17, 15) is 18.0 Å². The van der Waals surface area contributed by atoms with Crippen LogP contribution >= 0.6 is 15.9 Å². The first-order valence-corrected chi connectivity index (χ1v) is 18.1. The molecular formula is C35H44BrN3O4S. The van der Waals surface area contributed by atoms with E-state index >= 15 is 0 Å². The lowest BCUT2D eigenvalue weighted by Gasteiger charge is -2.34. The third kappa shape index (κ3) is 9.66. The summed E-state index contributed by atoms with van der Waals surface area (Å²) in [6.45, 7) is 4.36. The standard InChI is InChI=1S/C35H44BrN3O4S/c1-26-19-20-32(22-27(26)2)39(44(3,42)43)21-11-18-34(40)38(25-29-14-10-15-30(36)23-29)33(24-28-12-6-4-7-13-28)35(41)37-31-16-8-5-9-17-31/h4,6-7,10,12-15,19-20,22-23,31,33H,5,8-9,11,16-18,21,24-25H2,1-3H3,(H,37,41). The summed E-state index contributed by atoms with van der Waals surface area (Å²) in [5, 5.41) is 3.27. The number of hydrogen-bond donors (Lipinski definition) is 1. The first-order valence-electron chi connectivity index (χ1n) is 15.4. The minimum atomic E-state index is -3.57. The van der Waals surface area contributed by atoms with Gasteiger partial charge in [-0.25, -0.2) is 8.42 Å².